The van der Waals surface area contributed by atoms with Crippen LogP contribution in [0.2, 0.25) is 0 Å². The second-order valence-electron chi connectivity index (χ2n) is 7.14. The number of carbonyl (C=O) groups is 1. The number of aromatic amines is 1. The normalized spacial score (nSPS) is 10.6. The average molecular weight is 440 g/mol. The highest BCUT2D eigenvalue weighted by molar-refractivity contribution is 5.76. The summed E-state index contributed by atoms with van der Waals surface area (Å²) >= 11 is 0. The molecular formula is C23H25FN4O4. The van der Waals surface area contributed by atoms with Crippen molar-refractivity contribution in [2.24, 2.45) is 0 Å². The highest BCUT2D eigenvalue weighted by Gasteiger charge is 2.13. The summed E-state index contributed by atoms with van der Waals surface area (Å²) < 4.78 is 24.5. The summed E-state index contributed by atoms with van der Waals surface area (Å²) in [7, 11) is 3.20. The molecule has 3 aromatic rings. The number of halogens is 1. The molecule has 0 saturated heterocycles. The van der Waals surface area contributed by atoms with Crippen LogP contribution in [-0.2, 0) is 17.8 Å². The van der Waals surface area contributed by atoms with Crippen LogP contribution in [0.15, 0.2) is 47.3 Å². The Labute approximate surface area is 185 Å². The number of ether oxygens (including phenoxy) is 2. The number of rotatable bonds is 9. The molecular weight excluding hydrogens is 415 g/mol. The van der Waals surface area contributed by atoms with E-state index in [1.54, 1.807) is 42.3 Å². The predicted octanol–water partition coefficient (Wildman–Crippen LogP) is 2.97. The van der Waals surface area contributed by atoms with E-state index >= 15 is 0 Å². The molecule has 1 amide bonds. The van der Waals surface area contributed by atoms with Gasteiger partial charge >= 0.3 is 0 Å². The van der Waals surface area contributed by atoms with E-state index in [1.165, 1.54) is 19.2 Å². The Kier molecular flexibility index (Phi) is 7.54. The van der Waals surface area contributed by atoms with Crippen molar-refractivity contribution in [1.29, 1.82) is 0 Å². The van der Waals surface area contributed by atoms with Crippen LogP contribution in [0.3, 0.4) is 0 Å². The number of hydrogen-bond donors (Lipinski definition) is 1. The molecule has 1 aromatic heterocycles. The smallest absolute Gasteiger partial charge is 0.273 e. The van der Waals surface area contributed by atoms with Gasteiger partial charge in [-0.1, -0.05) is 12.1 Å². The lowest BCUT2D eigenvalue weighted by molar-refractivity contribution is -0.129. The minimum absolute atomic E-state index is 0.0589. The van der Waals surface area contributed by atoms with Gasteiger partial charge in [0.05, 0.1) is 7.11 Å². The Bertz CT molecular complexity index is 1150. The van der Waals surface area contributed by atoms with Crippen molar-refractivity contribution in [3.05, 3.63) is 69.9 Å². The molecule has 0 radical (unpaired) electrons. The SMILES string of the molecule is CCN(C)C(=O)CCc1nnc(-c2ccc(OCc3cccc(F)c3)c(OC)c2)[nH]c1=O. The van der Waals surface area contributed by atoms with Crippen molar-refractivity contribution < 1.29 is 18.7 Å². The van der Waals surface area contributed by atoms with E-state index in [-0.39, 0.29) is 42.7 Å². The summed E-state index contributed by atoms with van der Waals surface area (Å²) in [5, 5.41) is 8.09. The molecule has 0 aliphatic rings. The van der Waals surface area contributed by atoms with Gasteiger partial charge in [0.25, 0.3) is 5.56 Å². The van der Waals surface area contributed by atoms with Gasteiger partial charge in [-0.25, -0.2) is 4.39 Å². The molecule has 32 heavy (non-hydrogen) atoms. The van der Waals surface area contributed by atoms with Crippen LogP contribution in [-0.4, -0.2) is 46.7 Å². The molecule has 0 aliphatic carbocycles. The van der Waals surface area contributed by atoms with Gasteiger partial charge in [-0.3, -0.25) is 9.59 Å². The number of aryl methyl sites for hydroxylation is 1. The standard InChI is InChI=1S/C23H25FN4O4/c1-4-28(2)21(29)11-9-18-23(30)25-22(27-26-18)16-8-10-19(20(13-16)31-3)32-14-15-6-5-7-17(24)12-15/h5-8,10,12-13H,4,9,11,14H2,1-3H3,(H,25,27,30). The summed E-state index contributed by atoms with van der Waals surface area (Å²) in [6, 6.07) is 11.2. The first kappa shape index (κ1) is 22.9. The second kappa shape index (κ2) is 10.5. The largest absolute Gasteiger partial charge is 0.493 e. The van der Waals surface area contributed by atoms with Gasteiger partial charge in [0.15, 0.2) is 17.3 Å². The number of carbonyl (C=O) groups excluding carboxylic acids is 1. The lowest BCUT2D eigenvalue weighted by Gasteiger charge is -2.13. The molecule has 3 rings (SSSR count). The molecule has 0 saturated carbocycles. The number of amides is 1. The third kappa shape index (κ3) is 5.69. The first-order valence-corrected chi connectivity index (χ1v) is 10.2. The van der Waals surface area contributed by atoms with Gasteiger partial charge in [0, 0.05) is 32.0 Å². The fourth-order valence-electron chi connectivity index (χ4n) is 2.97. The zero-order valence-corrected chi connectivity index (χ0v) is 18.2. The Morgan fingerprint density at radius 1 is 1.16 bits per heavy atom. The van der Waals surface area contributed by atoms with Gasteiger partial charge in [0.2, 0.25) is 5.91 Å². The van der Waals surface area contributed by atoms with Crippen molar-refractivity contribution in [3.8, 4) is 22.9 Å². The van der Waals surface area contributed by atoms with Gasteiger partial charge in [-0.2, -0.15) is 0 Å². The fraction of sp³-hybridized carbons (Fsp3) is 0.304. The van der Waals surface area contributed by atoms with E-state index in [9.17, 15) is 14.0 Å². The van der Waals surface area contributed by atoms with Gasteiger partial charge in [-0.15, -0.1) is 10.2 Å². The van der Waals surface area contributed by atoms with Gasteiger partial charge in [0.1, 0.15) is 18.1 Å². The van der Waals surface area contributed by atoms with Crippen LogP contribution in [0.4, 0.5) is 4.39 Å². The van der Waals surface area contributed by atoms with Crippen LogP contribution in [0.5, 0.6) is 11.5 Å². The van der Waals surface area contributed by atoms with E-state index in [0.29, 0.717) is 29.2 Å². The average Bonchev–Trinajstić information content (AvgIpc) is 2.81. The monoisotopic (exact) mass is 440 g/mol. The molecule has 0 atom stereocenters. The van der Waals surface area contributed by atoms with Crippen molar-refractivity contribution in [3.63, 3.8) is 0 Å². The van der Waals surface area contributed by atoms with E-state index in [0.717, 1.165) is 0 Å². The van der Waals surface area contributed by atoms with Crippen molar-refractivity contribution in [2.45, 2.75) is 26.4 Å². The number of hydrogen-bond acceptors (Lipinski definition) is 6. The zero-order valence-electron chi connectivity index (χ0n) is 18.2. The van der Waals surface area contributed by atoms with E-state index in [2.05, 4.69) is 15.2 Å². The zero-order chi connectivity index (χ0) is 23.1. The molecule has 8 nitrogen and oxygen atoms in total. The van der Waals surface area contributed by atoms with Gasteiger partial charge < -0.3 is 19.4 Å². The summed E-state index contributed by atoms with van der Waals surface area (Å²) in [5.74, 6) is 0.771. The number of nitrogens with zero attached hydrogens (tertiary/aromatic N) is 3. The molecule has 0 unspecified atom stereocenters. The lowest BCUT2D eigenvalue weighted by Crippen LogP contribution is -2.27. The van der Waals surface area contributed by atoms with Crippen LogP contribution in [0.25, 0.3) is 11.4 Å². The molecule has 168 valence electrons. The maximum Gasteiger partial charge on any atom is 0.273 e. The Hall–Kier alpha value is -3.75. The van der Waals surface area contributed by atoms with Crippen LogP contribution in [0.1, 0.15) is 24.6 Å². The maximum atomic E-state index is 13.3. The summed E-state index contributed by atoms with van der Waals surface area (Å²) in [6.07, 6.45) is 0.397. The molecule has 0 bridgehead atoms. The van der Waals surface area contributed by atoms with E-state index in [4.69, 9.17) is 9.47 Å². The molecule has 2 aromatic carbocycles. The van der Waals surface area contributed by atoms with E-state index < -0.39 is 5.56 Å². The molecule has 0 aliphatic heterocycles. The molecule has 0 spiro atoms. The quantitative estimate of drug-likeness (QED) is 0.549. The number of methoxy groups -OCH3 is 1. The molecule has 9 heteroatoms. The fourth-order valence-corrected chi connectivity index (χ4v) is 2.97. The number of H-pyrrole nitrogens is 1. The first-order chi connectivity index (χ1) is 15.4. The number of aromatic nitrogens is 3. The molecule has 0 fully saturated rings. The Morgan fingerprint density at radius 3 is 2.66 bits per heavy atom. The Morgan fingerprint density at radius 2 is 1.97 bits per heavy atom. The second-order valence-corrected chi connectivity index (χ2v) is 7.14. The molecule has 1 heterocycles. The predicted molar refractivity (Wildman–Crippen MR) is 117 cm³/mol. The highest BCUT2D eigenvalue weighted by atomic mass is 19.1. The van der Waals surface area contributed by atoms with Crippen LogP contribution < -0.4 is 15.0 Å². The highest BCUT2D eigenvalue weighted by Crippen LogP contribution is 2.31. The van der Waals surface area contributed by atoms with Crippen molar-refractivity contribution >= 4 is 5.91 Å². The first-order valence-electron chi connectivity index (χ1n) is 10.2. The van der Waals surface area contributed by atoms with Crippen LogP contribution in [0, 0.1) is 5.82 Å². The van der Waals surface area contributed by atoms with Crippen molar-refractivity contribution in [2.75, 3.05) is 20.7 Å². The molecule has 1 N–H and O–H groups in total. The summed E-state index contributed by atoms with van der Waals surface area (Å²) in [4.78, 5) is 28.6. The van der Waals surface area contributed by atoms with Crippen molar-refractivity contribution in [1.82, 2.24) is 20.1 Å². The van der Waals surface area contributed by atoms with E-state index in [1.807, 2.05) is 6.92 Å². The van der Waals surface area contributed by atoms with Crippen LogP contribution >= 0.6 is 0 Å². The minimum atomic E-state index is -0.396. The van der Waals surface area contributed by atoms with Gasteiger partial charge in [-0.05, 0) is 42.8 Å². The Balaban J connectivity index is 1.73. The lowest BCUT2D eigenvalue weighted by atomic mass is 10.2. The topological polar surface area (TPSA) is 97.4 Å². The maximum absolute atomic E-state index is 13.3. The number of nitrogens with one attached hydrogen (secondary N) is 1. The minimum Gasteiger partial charge on any atom is -0.493 e. The number of benzene rings is 2. The summed E-state index contributed by atoms with van der Waals surface area (Å²) in [5.41, 5.74) is 1.07. The third-order valence-electron chi connectivity index (χ3n) is 4.96. The summed E-state index contributed by atoms with van der Waals surface area (Å²) in [6.45, 7) is 2.65. The third-order valence-corrected chi connectivity index (χ3v) is 4.96.